The summed E-state index contributed by atoms with van der Waals surface area (Å²) < 4.78 is 5.56. The number of ether oxygens (including phenoxy) is 1. The summed E-state index contributed by atoms with van der Waals surface area (Å²) in [6.07, 6.45) is 3.58. The lowest BCUT2D eigenvalue weighted by Crippen LogP contribution is -2.52. The van der Waals surface area contributed by atoms with Crippen LogP contribution < -0.4 is 0 Å². The van der Waals surface area contributed by atoms with E-state index in [0.717, 1.165) is 25.9 Å². The summed E-state index contributed by atoms with van der Waals surface area (Å²) in [6, 6.07) is 0.343. The van der Waals surface area contributed by atoms with E-state index >= 15 is 0 Å². The van der Waals surface area contributed by atoms with Crippen molar-refractivity contribution >= 4 is 0 Å². The summed E-state index contributed by atoms with van der Waals surface area (Å²) in [6.45, 7) is 8.71. The predicted octanol–water partition coefficient (Wildman–Crippen LogP) is 1.89. The van der Waals surface area contributed by atoms with Crippen molar-refractivity contribution in [2.24, 2.45) is 11.3 Å². The van der Waals surface area contributed by atoms with Gasteiger partial charge in [-0.1, -0.05) is 20.8 Å². The molecule has 1 saturated carbocycles. The zero-order chi connectivity index (χ0) is 12.6. The molecule has 0 spiro atoms. The van der Waals surface area contributed by atoms with E-state index in [1.807, 2.05) is 0 Å². The molecule has 4 atom stereocenters. The second-order valence-corrected chi connectivity index (χ2v) is 6.57. The molecule has 2 fully saturated rings. The molecular weight excluding hydrogens is 214 g/mol. The fraction of sp³-hybridized carbons (Fsp3) is 1.00. The average molecular weight is 241 g/mol. The van der Waals surface area contributed by atoms with Crippen LogP contribution in [0.2, 0.25) is 0 Å². The highest BCUT2D eigenvalue weighted by molar-refractivity contribution is 4.98. The third kappa shape index (κ3) is 2.51. The van der Waals surface area contributed by atoms with Gasteiger partial charge in [0.25, 0.3) is 0 Å². The van der Waals surface area contributed by atoms with Gasteiger partial charge in [0, 0.05) is 19.7 Å². The number of nitrogens with zero attached hydrogens (tertiary/aromatic N) is 1. The highest BCUT2D eigenvalue weighted by Gasteiger charge is 2.44. The number of rotatable bonds is 2. The first-order valence-corrected chi connectivity index (χ1v) is 6.90. The number of piperidine rings is 1. The van der Waals surface area contributed by atoms with Crippen LogP contribution in [0.1, 0.15) is 40.0 Å². The third-order valence-electron chi connectivity index (χ3n) is 4.94. The van der Waals surface area contributed by atoms with Crippen LogP contribution in [0.3, 0.4) is 0 Å². The van der Waals surface area contributed by atoms with E-state index in [9.17, 15) is 5.11 Å². The van der Waals surface area contributed by atoms with Crippen LogP contribution in [-0.4, -0.2) is 48.5 Å². The van der Waals surface area contributed by atoms with Crippen LogP contribution in [0.4, 0.5) is 0 Å². The van der Waals surface area contributed by atoms with Gasteiger partial charge in [-0.15, -0.1) is 0 Å². The van der Waals surface area contributed by atoms with Gasteiger partial charge in [0.15, 0.2) is 0 Å². The Kier molecular flexibility index (Phi) is 3.81. The van der Waals surface area contributed by atoms with Gasteiger partial charge >= 0.3 is 0 Å². The SMILES string of the molecule is COC1CN(C2CCC(C)(C)C2O)CCC1C. The first-order valence-electron chi connectivity index (χ1n) is 6.90. The fourth-order valence-corrected chi connectivity index (χ4v) is 3.39. The zero-order valence-corrected chi connectivity index (χ0v) is 11.6. The minimum absolute atomic E-state index is 0.0797. The van der Waals surface area contributed by atoms with Crippen LogP contribution in [0.15, 0.2) is 0 Å². The zero-order valence-electron chi connectivity index (χ0n) is 11.6. The van der Waals surface area contributed by atoms with Crippen molar-refractivity contribution < 1.29 is 9.84 Å². The monoisotopic (exact) mass is 241 g/mol. The van der Waals surface area contributed by atoms with Gasteiger partial charge < -0.3 is 9.84 Å². The van der Waals surface area contributed by atoms with Crippen LogP contribution in [-0.2, 0) is 4.74 Å². The van der Waals surface area contributed by atoms with Crippen molar-refractivity contribution in [3.63, 3.8) is 0 Å². The molecule has 17 heavy (non-hydrogen) atoms. The minimum Gasteiger partial charge on any atom is -0.391 e. The maximum absolute atomic E-state index is 10.4. The normalized spacial score (nSPS) is 42.9. The largest absolute Gasteiger partial charge is 0.391 e. The van der Waals surface area contributed by atoms with E-state index in [4.69, 9.17) is 4.74 Å². The van der Waals surface area contributed by atoms with E-state index in [1.165, 1.54) is 6.42 Å². The number of hydrogen-bond donors (Lipinski definition) is 1. The smallest absolute Gasteiger partial charge is 0.0746 e. The lowest BCUT2D eigenvalue weighted by Gasteiger charge is -2.41. The highest BCUT2D eigenvalue weighted by Crippen LogP contribution is 2.40. The van der Waals surface area contributed by atoms with E-state index in [-0.39, 0.29) is 11.5 Å². The molecule has 0 bridgehead atoms. The first kappa shape index (κ1) is 13.3. The van der Waals surface area contributed by atoms with E-state index in [0.29, 0.717) is 18.1 Å². The topological polar surface area (TPSA) is 32.7 Å². The lowest BCUT2D eigenvalue weighted by atomic mass is 9.88. The molecule has 0 aromatic rings. The second kappa shape index (κ2) is 4.87. The van der Waals surface area contributed by atoms with E-state index in [1.54, 1.807) is 7.11 Å². The standard InChI is InChI=1S/C14H27NO2/c1-10-6-8-15(9-12(10)17-4)11-5-7-14(2,3)13(11)16/h10-13,16H,5-9H2,1-4H3. The summed E-state index contributed by atoms with van der Waals surface area (Å²) in [4.78, 5) is 2.45. The van der Waals surface area contributed by atoms with Crippen molar-refractivity contribution in [3.8, 4) is 0 Å². The Balaban J connectivity index is 2.00. The Morgan fingerprint density at radius 1 is 1.29 bits per heavy atom. The summed E-state index contributed by atoms with van der Waals surface area (Å²) in [5, 5.41) is 10.4. The van der Waals surface area contributed by atoms with Gasteiger partial charge in [0.05, 0.1) is 12.2 Å². The van der Waals surface area contributed by atoms with Gasteiger partial charge in [-0.05, 0) is 37.1 Å². The van der Waals surface area contributed by atoms with Crippen molar-refractivity contribution in [2.75, 3.05) is 20.2 Å². The van der Waals surface area contributed by atoms with Gasteiger partial charge in [0.2, 0.25) is 0 Å². The molecular formula is C14H27NO2. The number of methoxy groups -OCH3 is 1. The fourth-order valence-electron chi connectivity index (χ4n) is 3.39. The molecule has 100 valence electrons. The summed E-state index contributed by atoms with van der Waals surface area (Å²) in [5.74, 6) is 0.641. The quantitative estimate of drug-likeness (QED) is 0.801. The van der Waals surface area contributed by atoms with Crippen molar-refractivity contribution in [2.45, 2.75) is 58.3 Å². The van der Waals surface area contributed by atoms with Crippen molar-refractivity contribution in [3.05, 3.63) is 0 Å². The van der Waals surface area contributed by atoms with Crippen LogP contribution in [0.5, 0.6) is 0 Å². The number of hydrogen-bond acceptors (Lipinski definition) is 3. The van der Waals surface area contributed by atoms with E-state index < -0.39 is 0 Å². The summed E-state index contributed by atoms with van der Waals surface area (Å²) in [5.41, 5.74) is 0.0797. The van der Waals surface area contributed by atoms with Crippen LogP contribution in [0, 0.1) is 11.3 Å². The van der Waals surface area contributed by atoms with Gasteiger partial charge in [-0.25, -0.2) is 0 Å². The van der Waals surface area contributed by atoms with E-state index in [2.05, 4.69) is 25.7 Å². The lowest BCUT2D eigenvalue weighted by molar-refractivity contribution is -0.0490. The maximum Gasteiger partial charge on any atom is 0.0746 e. The van der Waals surface area contributed by atoms with Gasteiger partial charge in [-0.2, -0.15) is 0 Å². The average Bonchev–Trinajstić information content (AvgIpc) is 2.56. The molecule has 4 unspecified atom stereocenters. The van der Waals surface area contributed by atoms with Gasteiger partial charge in [-0.3, -0.25) is 4.90 Å². The Bertz CT molecular complexity index is 267. The summed E-state index contributed by atoms with van der Waals surface area (Å²) in [7, 11) is 1.81. The molecule has 1 aliphatic carbocycles. The first-order chi connectivity index (χ1) is 7.95. The Morgan fingerprint density at radius 2 is 2.00 bits per heavy atom. The molecule has 3 heteroatoms. The Labute approximate surface area is 105 Å². The molecule has 3 nitrogen and oxygen atoms in total. The molecule has 1 N–H and O–H groups in total. The molecule has 1 aliphatic heterocycles. The third-order valence-corrected chi connectivity index (χ3v) is 4.94. The molecule has 2 aliphatic rings. The van der Waals surface area contributed by atoms with Crippen LogP contribution >= 0.6 is 0 Å². The number of aliphatic hydroxyl groups excluding tert-OH is 1. The minimum atomic E-state index is -0.187. The number of aliphatic hydroxyl groups is 1. The maximum atomic E-state index is 10.4. The molecule has 0 amide bonds. The molecule has 1 saturated heterocycles. The number of likely N-dealkylation sites (tertiary alicyclic amines) is 1. The molecule has 2 rings (SSSR count). The highest BCUT2D eigenvalue weighted by atomic mass is 16.5. The Hall–Kier alpha value is -0.120. The molecule has 0 aromatic carbocycles. The molecule has 0 radical (unpaired) electrons. The second-order valence-electron chi connectivity index (χ2n) is 6.57. The van der Waals surface area contributed by atoms with Crippen molar-refractivity contribution in [1.82, 2.24) is 4.90 Å². The molecule has 1 heterocycles. The summed E-state index contributed by atoms with van der Waals surface area (Å²) >= 11 is 0. The Morgan fingerprint density at radius 3 is 2.53 bits per heavy atom. The molecule has 0 aromatic heterocycles. The predicted molar refractivity (Wildman–Crippen MR) is 69.0 cm³/mol. The van der Waals surface area contributed by atoms with Crippen LogP contribution in [0.25, 0.3) is 0 Å². The van der Waals surface area contributed by atoms with Crippen molar-refractivity contribution in [1.29, 1.82) is 0 Å². The van der Waals surface area contributed by atoms with Gasteiger partial charge in [0.1, 0.15) is 0 Å².